The molecule has 3 aromatic rings. The number of fused-ring (bicyclic) bond motifs is 1. The molecule has 1 aliphatic carbocycles. The number of carbonyl (C=O) groups is 1. The molecule has 26 heavy (non-hydrogen) atoms. The summed E-state index contributed by atoms with van der Waals surface area (Å²) in [6.07, 6.45) is 1.79. The molecule has 1 aromatic carbocycles. The van der Waals surface area contributed by atoms with Gasteiger partial charge in [0.25, 0.3) is 5.89 Å². The number of hydrogen-bond donors (Lipinski definition) is 1. The number of hydrogen-bond acceptors (Lipinski definition) is 7. The quantitative estimate of drug-likeness (QED) is 0.741. The Bertz CT molecular complexity index is 894. The van der Waals surface area contributed by atoms with Gasteiger partial charge in [0.2, 0.25) is 0 Å². The Hall–Kier alpha value is -2.58. The Labute approximate surface area is 155 Å². The van der Waals surface area contributed by atoms with Gasteiger partial charge < -0.3 is 14.6 Å². The van der Waals surface area contributed by atoms with Crippen molar-refractivity contribution < 1.29 is 9.21 Å². The van der Waals surface area contributed by atoms with Crippen molar-refractivity contribution in [3.8, 4) is 11.6 Å². The predicted molar refractivity (Wildman–Crippen MR) is 98.0 cm³/mol. The van der Waals surface area contributed by atoms with Crippen LogP contribution in [0.3, 0.4) is 0 Å². The van der Waals surface area contributed by atoms with Crippen LogP contribution in [0.5, 0.6) is 0 Å². The maximum absolute atomic E-state index is 12.5. The first kappa shape index (κ1) is 16.9. The van der Waals surface area contributed by atoms with Crippen molar-refractivity contribution in [3.63, 3.8) is 0 Å². The molecule has 0 radical (unpaired) electrons. The summed E-state index contributed by atoms with van der Waals surface area (Å²) in [6, 6.07) is 8.42. The third-order valence-corrected chi connectivity index (χ3v) is 5.54. The van der Waals surface area contributed by atoms with Crippen molar-refractivity contribution in [1.82, 2.24) is 25.4 Å². The molecule has 0 bridgehead atoms. The summed E-state index contributed by atoms with van der Waals surface area (Å²) < 4.78 is 5.46. The highest BCUT2D eigenvalue weighted by Gasteiger charge is 2.39. The standard InChI is InChI=1S/C18H19N5O2S/c1-23(2)18(7-12-5-3-4-6-13(12)8-18)10-19-15(24)17-22-21-16(25-17)14-9-26-11-20-14/h3-6,9,11H,7-8,10H2,1-2H3,(H,19,24). The maximum Gasteiger partial charge on any atom is 0.308 e. The zero-order valence-electron chi connectivity index (χ0n) is 14.6. The zero-order valence-corrected chi connectivity index (χ0v) is 15.4. The lowest BCUT2D eigenvalue weighted by Gasteiger charge is -2.36. The molecule has 1 N–H and O–H groups in total. The molecular weight excluding hydrogens is 350 g/mol. The number of rotatable bonds is 5. The fourth-order valence-electron chi connectivity index (χ4n) is 3.33. The van der Waals surface area contributed by atoms with Gasteiger partial charge in [-0.05, 0) is 38.1 Å². The molecule has 0 aliphatic heterocycles. The molecule has 8 heteroatoms. The Morgan fingerprint density at radius 3 is 2.62 bits per heavy atom. The summed E-state index contributed by atoms with van der Waals surface area (Å²) in [5.41, 5.74) is 4.77. The van der Waals surface area contributed by atoms with Crippen LogP contribution in [-0.2, 0) is 12.8 Å². The second-order valence-corrected chi connectivity index (χ2v) is 7.43. The van der Waals surface area contributed by atoms with Gasteiger partial charge in [-0.1, -0.05) is 24.3 Å². The van der Waals surface area contributed by atoms with Crippen LogP contribution in [0, 0.1) is 0 Å². The third kappa shape index (κ3) is 3.02. The van der Waals surface area contributed by atoms with E-state index in [1.807, 2.05) is 14.1 Å². The molecule has 2 aromatic heterocycles. The Balaban J connectivity index is 1.46. The van der Waals surface area contributed by atoms with E-state index in [9.17, 15) is 4.79 Å². The van der Waals surface area contributed by atoms with E-state index in [1.54, 1.807) is 10.9 Å². The molecule has 4 rings (SSSR count). The van der Waals surface area contributed by atoms with Crippen LogP contribution in [0.1, 0.15) is 21.8 Å². The van der Waals surface area contributed by atoms with E-state index in [0.717, 1.165) is 12.8 Å². The van der Waals surface area contributed by atoms with Crippen molar-refractivity contribution in [2.24, 2.45) is 0 Å². The van der Waals surface area contributed by atoms with Crippen LogP contribution in [0.2, 0.25) is 0 Å². The molecule has 0 saturated heterocycles. The zero-order chi connectivity index (χ0) is 18.1. The lowest BCUT2D eigenvalue weighted by molar-refractivity contribution is 0.0869. The van der Waals surface area contributed by atoms with E-state index < -0.39 is 0 Å². The molecular formula is C18H19N5O2S. The van der Waals surface area contributed by atoms with Crippen molar-refractivity contribution in [1.29, 1.82) is 0 Å². The van der Waals surface area contributed by atoms with Crippen molar-refractivity contribution in [2.75, 3.05) is 20.6 Å². The Morgan fingerprint density at radius 2 is 2.00 bits per heavy atom. The molecule has 7 nitrogen and oxygen atoms in total. The van der Waals surface area contributed by atoms with Crippen LogP contribution in [-0.4, -0.2) is 52.2 Å². The fraction of sp³-hybridized carbons (Fsp3) is 0.333. The molecule has 0 spiro atoms. The minimum Gasteiger partial charge on any atom is -0.411 e. The normalized spacial score (nSPS) is 15.2. The highest BCUT2D eigenvalue weighted by atomic mass is 32.1. The van der Waals surface area contributed by atoms with E-state index >= 15 is 0 Å². The number of likely N-dealkylation sites (N-methyl/N-ethyl adjacent to an activating group) is 1. The van der Waals surface area contributed by atoms with Crippen molar-refractivity contribution in [3.05, 3.63) is 52.2 Å². The molecule has 2 heterocycles. The minimum absolute atomic E-state index is 0.0441. The maximum atomic E-state index is 12.5. The highest BCUT2D eigenvalue weighted by molar-refractivity contribution is 7.07. The van der Waals surface area contributed by atoms with E-state index in [4.69, 9.17) is 4.42 Å². The Kier molecular flexibility index (Phi) is 4.29. The monoisotopic (exact) mass is 369 g/mol. The number of carbonyl (C=O) groups excluding carboxylic acids is 1. The van der Waals surface area contributed by atoms with Gasteiger partial charge in [0.05, 0.1) is 5.51 Å². The first-order valence-corrected chi connectivity index (χ1v) is 9.26. The lowest BCUT2D eigenvalue weighted by atomic mass is 9.94. The van der Waals surface area contributed by atoms with Crippen LogP contribution < -0.4 is 5.32 Å². The highest BCUT2D eigenvalue weighted by Crippen LogP contribution is 2.33. The van der Waals surface area contributed by atoms with Gasteiger partial charge >= 0.3 is 11.8 Å². The molecule has 0 unspecified atom stereocenters. The molecule has 134 valence electrons. The summed E-state index contributed by atoms with van der Waals surface area (Å²) in [6.45, 7) is 0.502. The number of nitrogens with one attached hydrogen (secondary N) is 1. The predicted octanol–water partition coefficient (Wildman–Crippen LogP) is 2.02. The first-order valence-electron chi connectivity index (χ1n) is 8.32. The molecule has 1 amide bonds. The van der Waals surface area contributed by atoms with Crippen LogP contribution in [0.4, 0.5) is 0 Å². The van der Waals surface area contributed by atoms with Gasteiger partial charge in [-0.15, -0.1) is 21.5 Å². The lowest BCUT2D eigenvalue weighted by Crippen LogP contribution is -2.53. The number of aromatic nitrogens is 3. The van der Waals surface area contributed by atoms with Gasteiger partial charge in [-0.25, -0.2) is 4.98 Å². The van der Waals surface area contributed by atoms with E-state index in [-0.39, 0.29) is 23.2 Å². The fourth-order valence-corrected chi connectivity index (χ4v) is 3.86. The van der Waals surface area contributed by atoms with E-state index in [1.165, 1.54) is 22.5 Å². The summed E-state index contributed by atoms with van der Waals surface area (Å²) in [5.74, 6) is -0.152. The average Bonchev–Trinajstić information content (AvgIpc) is 3.38. The number of nitrogens with zero attached hydrogens (tertiary/aromatic N) is 4. The summed E-state index contributed by atoms with van der Waals surface area (Å²) in [4.78, 5) is 18.8. The van der Waals surface area contributed by atoms with Gasteiger partial charge in [0.15, 0.2) is 0 Å². The molecule has 0 fully saturated rings. The molecule has 0 atom stereocenters. The SMILES string of the molecule is CN(C)C1(CNC(=O)c2nnc(-c3cscn3)o2)Cc2ccccc2C1. The van der Waals surface area contributed by atoms with Crippen LogP contribution in [0.15, 0.2) is 39.6 Å². The van der Waals surface area contributed by atoms with Gasteiger partial charge in [0.1, 0.15) is 5.69 Å². The van der Waals surface area contributed by atoms with E-state index in [0.29, 0.717) is 12.2 Å². The van der Waals surface area contributed by atoms with E-state index in [2.05, 4.69) is 49.7 Å². The first-order chi connectivity index (χ1) is 12.6. The van der Waals surface area contributed by atoms with Crippen molar-refractivity contribution in [2.45, 2.75) is 18.4 Å². The van der Waals surface area contributed by atoms with Gasteiger partial charge in [0, 0.05) is 17.5 Å². The van der Waals surface area contributed by atoms with Gasteiger partial charge in [-0.2, -0.15) is 0 Å². The molecule has 1 aliphatic rings. The number of benzene rings is 1. The second kappa shape index (κ2) is 6.62. The smallest absolute Gasteiger partial charge is 0.308 e. The summed E-state index contributed by atoms with van der Waals surface area (Å²) in [7, 11) is 4.09. The number of thiazole rings is 1. The van der Waals surface area contributed by atoms with Crippen LogP contribution >= 0.6 is 11.3 Å². The van der Waals surface area contributed by atoms with Gasteiger partial charge in [-0.3, -0.25) is 4.79 Å². The van der Waals surface area contributed by atoms with Crippen LogP contribution in [0.25, 0.3) is 11.6 Å². The summed E-state index contributed by atoms with van der Waals surface area (Å²) in [5, 5.41) is 12.5. The average molecular weight is 369 g/mol. The largest absolute Gasteiger partial charge is 0.411 e. The third-order valence-electron chi connectivity index (χ3n) is 4.95. The second-order valence-electron chi connectivity index (χ2n) is 6.71. The minimum atomic E-state index is -0.365. The summed E-state index contributed by atoms with van der Waals surface area (Å²) >= 11 is 1.43. The Morgan fingerprint density at radius 1 is 1.27 bits per heavy atom. The molecule has 0 saturated carbocycles. The number of amides is 1. The van der Waals surface area contributed by atoms with Crippen molar-refractivity contribution >= 4 is 17.2 Å². The topological polar surface area (TPSA) is 84.2 Å².